The van der Waals surface area contributed by atoms with E-state index in [9.17, 15) is 0 Å². The molecule has 0 fully saturated rings. The molecule has 0 spiro atoms. The van der Waals surface area contributed by atoms with Crippen LogP contribution in [0.5, 0.6) is 0 Å². The number of hydrogen-bond acceptors (Lipinski definition) is 4. The van der Waals surface area contributed by atoms with E-state index in [1.807, 2.05) is 6.20 Å². The van der Waals surface area contributed by atoms with Gasteiger partial charge in [0.05, 0.1) is 18.0 Å². The molecular weight excluding hydrogens is 776 g/mol. The molecule has 0 saturated carbocycles. The number of nitrogens with zero attached hydrogens (tertiary/aromatic N) is 4. The van der Waals surface area contributed by atoms with Crippen molar-refractivity contribution in [3.05, 3.63) is 139 Å². The molecule has 234 valence electrons. The summed E-state index contributed by atoms with van der Waals surface area (Å²) in [7, 11) is 0. The van der Waals surface area contributed by atoms with Crippen LogP contribution >= 0.6 is 11.8 Å². The van der Waals surface area contributed by atoms with E-state index >= 15 is 0 Å². The van der Waals surface area contributed by atoms with Gasteiger partial charge in [-0.2, -0.15) is 24.3 Å². The summed E-state index contributed by atoms with van der Waals surface area (Å²) < 4.78 is 2.26. The minimum absolute atomic E-state index is 0. The van der Waals surface area contributed by atoms with Gasteiger partial charge in [-0.15, -0.1) is 45.1 Å². The van der Waals surface area contributed by atoms with Gasteiger partial charge in [0.2, 0.25) is 0 Å². The second-order valence-electron chi connectivity index (χ2n) is 12.2. The summed E-state index contributed by atoms with van der Waals surface area (Å²) in [5.74, 6) is 0.890. The molecule has 0 saturated heterocycles. The third kappa shape index (κ3) is 5.56. The van der Waals surface area contributed by atoms with Crippen molar-refractivity contribution in [2.75, 3.05) is 16.5 Å². The number of para-hydroxylation sites is 3. The molecule has 1 aliphatic rings. The second-order valence-corrected chi connectivity index (χ2v) is 13.3. The number of benzene rings is 5. The van der Waals surface area contributed by atoms with Crippen LogP contribution in [0.4, 0.5) is 17.1 Å². The molecule has 0 unspecified atom stereocenters. The Morgan fingerprint density at radius 1 is 0.723 bits per heavy atom. The zero-order valence-electron chi connectivity index (χ0n) is 26.8. The van der Waals surface area contributed by atoms with Crippen molar-refractivity contribution in [2.45, 2.75) is 43.5 Å². The first kappa shape index (κ1) is 31.3. The number of rotatable bonds is 6. The molecular formula is C41H34N4PtS. The number of anilines is 3. The van der Waals surface area contributed by atoms with Crippen molar-refractivity contribution < 1.29 is 21.1 Å². The smallest absolute Gasteiger partial charge is 0.349 e. The summed E-state index contributed by atoms with van der Waals surface area (Å²) in [5, 5.41) is 2.36. The van der Waals surface area contributed by atoms with Crippen LogP contribution in [0.15, 0.2) is 125 Å². The van der Waals surface area contributed by atoms with E-state index in [-0.39, 0.29) is 21.1 Å². The Bertz CT molecular complexity index is 2230. The SMILES string of the molecule is Cc1cccc(C)c1-c1ccnc(-n2c3[c-]c(Sc4[c-]c(N5CN(C(C)C)c6ccccc65)ccc4)ccc3c3ccccc32)c1.[Pt+2]. The molecule has 0 aliphatic carbocycles. The van der Waals surface area contributed by atoms with E-state index in [0.29, 0.717) is 6.04 Å². The topological polar surface area (TPSA) is 24.3 Å². The molecule has 6 heteroatoms. The maximum absolute atomic E-state index is 4.89. The van der Waals surface area contributed by atoms with Crippen LogP contribution in [-0.4, -0.2) is 22.3 Å². The Labute approximate surface area is 295 Å². The van der Waals surface area contributed by atoms with Gasteiger partial charge in [-0.25, -0.2) is 4.98 Å². The first-order valence-corrected chi connectivity index (χ1v) is 16.6. The normalized spacial score (nSPS) is 12.6. The number of aryl methyl sites for hydroxylation is 2. The number of pyridine rings is 1. The third-order valence-corrected chi connectivity index (χ3v) is 9.88. The zero-order chi connectivity index (χ0) is 31.4. The molecule has 47 heavy (non-hydrogen) atoms. The molecule has 4 nitrogen and oxygen atoms in total. The molecule has 1 aliphatic heterocycles. The average Bonchev–Trinajstić information content (AvgIpc) is 3.61. The summed E-state index contributed by atoms with van der Waals surface area (Å²) in [6.45, 7) is 9.66. The maximum Gasteiger partial charge on any atom is 2.00 e. The molecule has 7 aromatic rings. The van der Waals surface area contributed by atoms with Crippen LogP contribution in [-0.2, 0) is 21.1 Å². The predicted molar refractivity (Wildman–Crippen MR) is 193 cm³/mol. The largest absolute Gasteiger partial charge is 2.00 e. The number of hydrogen-bond donors (Lipinski definition) is 0. The Kier molecular flexibility index (Phi) is 8.46. The van der Waals surface area contributed by atoms with Gasteiger partial charge < -0.3 is 14.4 Å². The second kappa shape index (κ2) is 12.7. The maximum atomic E-state index is 4.89. The molecule has 0 amide bonds. The summed E-state index contributed by atoms with van der Waals surface area (Å²) in [6.07, 6.45) is 1.92. The van der Waals surface area contributed by atoms with Gasteiger partial charge in [-0.1, -0.05) is 59.7 Å². The van der Waals surface area contributed by atoms with Gasteiger partial charge in [0.1, 0.15) is 5.82 Å². The fourth-order valence-electron chi connectivity index (χ4n) is 6.80. The van der Waals surface area contributed by atoms with Crippen molar-refractivity contribution in [1.29, 1.82) is 0 Å². The molecule has 0 radical (unpaired) electrons. The summed E-state index contributed by atoms with van der Waals surface area (Å²) in [4.78, 5) is 11.8. The Morgan fingerprint density at radius 3 is 2.26 bits per heavy atom. The molecule has 0 N–H and O–H groups in total. The fourth-order valence-corrected chi connectivity index (χ4v) is 7.62. The van der Waals surface area contributed by atoms with E-state index in [1.54, 1.807) is 11.8 Å². The number of aromatic nitrogens is 2. The Morgan fingerprint density at radius 2 is 1.45 bits per heavy atom. The van der Waals surface area contributed by atoms with Crippen LogP contribution in [0.2, 0.25) is 0 Å². The van der Waals surface area contributed by atoms with Gasteiger partial charge in [0.15, 0.2) is 0 Å². The minimum atomic E-state index is 0. The average molecular weight is 810 g/mol. The van der Waals surface area contributed by atoms with Crippen molar-refractivity contribution in [3.8, 4) is 16.9 Å². The molecule has 0 bridgehead atoms. The van der Waals surface area contributed by atoms with Gasteiger partial charge in [0, 0.05) is 17.8 Å². The minimum Gasteiger partial charge on any atom is -0.349 e. The van der Waals surface area contributed by atoms with E-state index < -0.39 is 0 Å². The van der Waals surface area contributed by atoms with Crippen molar-refractivity contribution >= 4 is 50.6 Å². The first-order chi connectivity index (χ1) is 22.5. The van der Waals surface area contributed by atoms with Gasteiger partial charge in [-0.3, -0.25) is 0 Å². The zero-order valence-corrected chi connectivity index (χ0v) is 29.9. The van der Waals surface area contributed by atoms with E-state index in [4.69, 9.17) is 4.98 Å². The molecule has 3 heterocycles. The standard InChI is InChI=1S/C41H34N4S.Pt/c1-27(2)43-26-44(38-18-8-7-17-37(38)43)31-13-10-14-32(24-31)46-33-19-20-35-34-15-5-6-16-36(34)45(39(35)25-33)40-23-30(21-22-42-40)41-28(3)11-9-12-29(41)4;/h5-23,27H,26H2,1-4H3;/q-2;+2. The summed E-state index contributed by atoms with van der Waals surface area (Å²) >= 11 is 1.70. The van der Waals surface area contributed by atoms with Crippen LogP contribution in [0, 0.1) is 26.0 Å². The fraction of sp³-hybridized carbons (Fsp3) is 0.146. The van der Waals surface area contributed by atoms with Gasteiger partial charge in [-0.05, 0) is 85.7 Å². The molecule has 8 rings (SSSR count). The Balaban J connectivity index is 0.00000351. The van der Waals surface area contributed by atoms with Crippen LogP contribution in [0.1, 0.15) is 25.0 Å². The van der Waals surface area contributed by atoms with Crippen molar-refractivity contribution in [1.82, 2.24) is 9.55 Å². The van der Waals surface area contributed by atoms with Crippen LogP contribution < -0.4 is 9.80 Å². The van der Waals surface area contributed by atoms with E-state index in [1.165, 1.54) is 44.4 Å². The summed E-state index contributed by atoms with van der Waals surface area (Å²) in [6, 6.07) is 46.7. The predicted octanol–water partition coefficient (Wildman–Crippen LogP) is 10.5. The molecule has 0 atom stereocenters. The monoisotopic (exact) mass is 809 g/mol. The molecule has 2 aromatic heterocycles. The quantitative estimate of drug-likeness (QED) is 0.156. The van der Waals surface area contributed by atoms with Crippen LogP contribution in [0.25, 0.3) is 38.8 Å². The van der Waals surface area contributed by atoms with Crippen molar-refractivity contribution in [3.63, 3.8) is 0 Å². The first-order valence-electron chi connectivity index (χ1n) is 15.8. The third-order valence-electron chi connectivity index (χ3n) is 8.96. The van der Waals surface area contributed by atoms with Crippen molar-refractivity contribution in [2.24, 2.45) is 0 Å². The van der Waals surface area contributed by atoms with Gasteiger partial charge in [0.25, 0.3) is 0 Å². The molecule has 5 aromatic carbocycles. The van der Waals surface area contributed by atoms with E-state index in [2.05, 4.69) is 163 Å². The Hall–Kier alpha value is -4.31. The summed E-state index contributed by atoms with van der Waals surface area (Å²) in [5.41, 5.74) is 10.7. The van der Waals surface area contributed by atoms with Gasteiger partial charge >= 0.3 is 21.1 Å². The van der Waals surface area contributed by atoms with Crippen LogP contribution in [0.3, 0.4) is 0 Å². The van der Waals surface area contributed by atoms with E-state index in [0.717, 1.165) is 39.0 Å². The number of fused-ring (bicyclic) bond motifs is 4.